The predicted molar refractivity (Wildman–Crippen MR) is 104 cm³/mol. The van der Waals surface area contributed by atoms with Crippen molar-refractivity contribution in [2.24, 2.45) is 0 Å². The van der Waals surface area contributed by atoms with E-state index >= 15 is 0 Å². The minimum atomic E-state index is 0.0851. The number of benzene rings is 1. The van der Waals surface area contributed by atoms with E-state index in [1.165, 1.54) is 5.56 Å². The van der Waals surface area contributed by atoms with Crippen LogP contribution in [0.3, 0.4) is 0 Å². The highest BCUT2D eigenvalue weighted by Gasteiger charge is 2.27. The van der Waals surface area contributed by atoms with Crippen LogP contribution in [0.4, 0.5) is 5.69 Å². The van der Waals surface area contributed by atoms with Gasteiger partial charge in [0.1, 0.15) is 0 Å². The van der Waals surface area contributed by atoms with Gasteiger partial charge < -0.3 is 15.1 Å². The van der Waals surface area contributed by atoms with Gasteiger partial charge in [-0.05, 0) is 49.3 Å². The first-order chi connectivity index (χ1) is 12.5. The first kappa shape index (κ1) is 18.7. The number of carbonyl (C=O) groups excluding carboxylic acids is 2. The molecule has 2 amide bonds. The highest BCUT2D eigenvalue weighted by atomic mass is 16.2. The Bertz CT molecular complexity index is 627. The number of amides is 2. The van der Waals surface area contributed by atoms with Gasteiger partial charge in [-0.2, -0.15) is 0 Å². The highest BCUT2D eigenvalue weighted by Crippen LogP contribution is 2.20. The van der Waals surface area contributed by atoms with Crippen molar-refractivity contribution in [3.63, 3.8) is 0 Å². The minimum Gasteiger partial charge on any atom is -0.381 e. The van der Waals surface area contributed by atoms with E-state index < -0.39 is 0 Å². The molecule has 2 aliphatic rings. The quantitative estimate of drug-likeness (QED) is 0.880. The van der Waals surface area contributed by atoms with E-state index in [1.54, 1.807) is 4.90 Å². The van der Waals surface area contributed by atoms with Gasteiger partial charge in [0.15, 0.2) is 0 Å². The zero-order valence-corrected chi connectivity index (χ0v) is 16.0. The molecule has 2 aliphatic heterocycles. The van der Waals surface area contributed by atoms with Crippen LogP contribution in [0.5, 0.6) is 0 Å². The van der Waals surface area contributed by atoms with E-state index in [-0.39, 0.29) is 24.4 Å². The fourth-order valence-corrected chi connectivity index (χ4v) is 3.81. The van der Waals surface area contributed by atoms with Gasteiger partial charge in [-0.1, -0.05) is 26.0 Å². The second-order valence-corrected chi connectivity index (χ2v) is 7.87. The molecule has 1 aromatic rings. The van der Waals surface area contributed by atoms with Crippen LogP contribution in [0.1, 0.15) is 57.4 Å². The average Bonchev–Trinajstić information content (AvgIpc) is 2.64. The summed E-state index contributed by atoms with van der Waals surface area (Å²) in [6.07, 6.45) is 4.62. The lowest BCUT2D eigenvalue weighted by Crippen LogP contribution is -2.50. The normalized spacial score (nSPS) is 21.2. The summed E-state index contributed by atoms with van der Waals surface area (Å²) >= 11 is 0. The molecule has 0 spiro atoms. The zero-order chi connectivity index (χ0) is 18.5. The van der Waals surface area contributed by atoms with E-state index in [9.17, 15) is 9.59 Å². The lowest BCUT2D eigenvalue weighted by Gasteiger charge is -2.35. The number of hydrogen-bond donors (Lipinski definition) is 1. The highest BCUT2D eigenvalue weighted by molar-refractivity contribution is 5.85. The third kappa shape index (κ3) is 4.77. The largest absolute Gasteiger partial charge is 0.381 e. The Hall–Kier alpha value is -2.04. The Kier molecular flexibility index (Phi) is 6.17. The van der Waals surface area contributed by atoms with E-state index in [2.05, 4.69) is 43.4 Å². The van der Waals surface area contributed by atoms with Gasteiger partial charge >= 0.3 is 0 Å². The zero-order valence-electron chi connectivity index (χ0n) is 16.0. The number of anilines is 1. The number of nitrogens with zero attached hydrogens (tertiary/aromatic N) is 2. The molecule has 0 bridgehead atoms. The van der Waals surface area contributed by atoms with Gasteiger partial charge in [-0.25, -0.2) is 0 Å². The second kappa shape index (κ2) is 8.56. The summed E-state index contributed by atoms with van der Waals surface area (Å²) in [5, 5.41) is 3.57. The van der Waals surface area contributed by atoms with Crippen molar-refractivity contribution in [1.82, 2.24) is 9.80 Å². The van der Waals surface area contributed by atoms with Crippen LogP contribution >= 0.6 is 0 Å². The topological polar surface area (TPSA) is 52.7 Å². The monoisotopic (exact) mass is 357 g/mol. The van der Waals surface area contributed by atoms with E-state index in [0.717, 1.165) is 44.5 Å². The van der Waals surface area contributed by atoms with Gasteiger partial charge in [-0.3, -0.25) is 9.59 Å². The number of likely N-dealkylation sites (tertiary alicyclic amines) is 2. The third-order valence-electron chi connectivity index (χ3n) is 5.47. The molecule has 142 valence electrons. The molecule has 5 heteroatoms. The summed E-state index contributed by atoms with van der Waals surface area (Å²) in [6.45, 7) is 6.87. The maximum Gasteiger partial charge on any atom is 0.242 e. The molecule has 2 saturated heterocycles. The lowest BCUT2D eigenvalue weighted by molar-refractivity contribution is -0.142. The molecule has 5 nitrogen and oxygen atoms in total. The Balaban J connectivity index is 1.53. The van der Waals surface area contributed by atoms with Gasteiger partial charge in [0, 0.05) is 37.8 Å². The molecule has 3 rings (SSSR count). The lowest BCUT2D eigenvalue weighted by atomic mass is 10.0. The van der Waals surface area contributed by atoms with Gasteiger partial charge in [0.05, 0.1) is 6.54 Å². The fraction of sp³-hybridized carbons (Fsp3) is 0.619. The molecule has 1 N–H and O–H groups in total. The van der Waals surface area contributed by atoms with Crippen molar-refractivity contribution >= 4 is 17.5 Å². The first-order valence-corrected chi connectivity index (χ1v) is 9.95. The van der Waals surface area contributed by atoms with Crippen LogP contribution in [-0.4, -0.2) is 53.8 Å². The van der Waals surface area contributed by atoms with Gasteiger partial charge in [0.2, 0.25) is 11.8 Å². The minimum absolute atomic E-state index is 0.0851. The van der Waals surface area contributed by atoms with Crippen molar-refractivity contribution in [1.29, 1.82) is 0 Å². The molecule has 1 atom stereocenters. The Morgan fingerprint density at radius 3 is 2.62 bits per heavy atom. The SMILES string of the molecule is CC(C)c1ccc(NC2CCCN(C(=O)CN3CCCCC3=O)C2)cc1. The van der Waals surface area contributed by atoms with Crippen LogP contribution in [0.25, 0.3) is 0 Å². The molecule has 2 heterocycles. The van der Waals surface area contributed by atoms with Crippen LogP contribution in [0, 0.1) is 0 Å². The third-order valence-corrected chi connectivity index (χ3v) is 5.47. The standard InChI is InChI=1S/C21H31N3O2/c1-16(2)17-8-10-18(11-9-17)22-19-6-5-13-23(14-19)21(26)15-24-12-4-3-7-20(24)25/h8-11,16,19,22H,3-7,12-15H2,1-2H3. The molecule has 2 fully saturated rings. The predicted octanol–water partition coefficient (Wildman–Crippen LogP) is 3.23. The first-order valence-electron chi connectivity index (χ1n) is 9.95. The second-order valence-electron chi connectivity index (χ2n) is 7.87. The summed E-state index contributed by atoms with van der Waals surface area (Å²) in [5.41, 5.74) is 2.45. The number of hydrogen-bond acceptors (Lipinski definition) is 3. The number of carbonyl (C=O) groups is 2. The van der Waals surface area contributed by atoms with E-state index in [4.69, 9.17) is 0 Å². The fourth-order valence-electron chi connectivity index (χ4n) is 3.81. The number of nitrogens with one attached hydrogen (secondary N) is 1. The molecule has 26 heavy (non-hydrogen) atoms. The van der Waals surface area contributed by atoms with Crippen LogP contribution in [0.15, 0.2) is 24.3 Å². The van der Waals surface area contributed by atoms with Crippen LogP contribution in [-0.2, 0) is 9.59 Å². The number of rotatable bonds is 5. The molecular weight excluding hydrogens is 326 g/mol. The van der Waals surface area contributed by atoms with Crippen molar-refractivity contribution in [2.75, 3.05) is 31.5 Å². The van der Waals surface area contributed by atoms with Crippen LogP contribution in [0.2, 0.25) is 0 Å². The van der Waals surface area contributed by atoms with E-state index in [0.29, 0.717) is 18.9 Å². The van der Waals surface area contributed by atoms with Crippen molar-refractivity contribution < 1.29 is 9.59 Å². The summed E-state index contributed by atoms with van der Waals surface area (Å²) in [5.74, 6) is 0.743. The average molecular weight is 357 g/mol. The van der Waals surface area contributed by atoms with Gasteiger partial charge in [-0.15, -0.1) is 0 Å². The Morgan fingerprint density at radius 1 is 1.15 bits per heavy atom. The number of piperidine rings is 2. The van der Waals surface area contributed by atoms with Crippen molar-refractivity contribution in [3.05, 3.63) is 29.8 Å². The summed E-state index contributed by atoms with van der Waals surface area (Å²) in [6, 6.07) is 8.86. The molecule has 1 unspecified atom stereocenters. The summed E-state index contributed by atoms with van der Waals surface area (Å²) in [7, 11) is 0. The maximum absolute atomic E-state index is 12.6. The molecule has 0 aliphatic carbocycles. The Morgan fingerprint density at radius 2 is 1.92 bits per heavy atom. The van der Waals surface area contributed by atoms with Crippen molar-refractivity contribution in [2.45, 2.75) is 57.9 Å². The maximum atomic E-state index is 12.6. The molecule has 0 radical (unpaired) electrons. The van der Waals surface area contributed by atoms with E-state index in [1.807, 2.05) is 4.90 Å². The molecule has 0 aromatic heterocycles. The smallest absolute Gasteiger partial charge is 0.242 e. The van der Waals surface area contributed by atoms with Gasteiger partial charge in [0.25, 0.3) is 0 Å². The Labute approximate surface area is 156 Å². The summed E-state index contributed by atoms with van der Waals surface area (Å²) < 4.78 is 0. The van der Waals surface area contributed by atoms with Crippen molar-refractivity contribution in [3.8, 4) is 0 Å². The summed E-state index contributed by atoms with van der Waals surface area (Å²) in [4.78, 5) is 28.2. The molecule has 1 aromatic carbocycles. The molecular formula is C21H31N3O2. The van der Waals surface area contributed by atoms with Crippen LogP contribution < -0.4 is 5.32 Å². The molecule has 0 saturated carbocycles.